The third-order valence-electron chi connectivity index (χ3n) is 2.15. The Kier molecular flexibility index (Phi) is 3.44. The van der Waals surface area contributed by atoms with Crippen molar-refractivity contribution in [2.45, 2.75) is 6.42 Å². The molecule has 80 valence electrons. The van der Waals surface area contributed by atoms with Crippen LogP contribution in [-0.4, -0.2) is 19.0 Å². The first-order valence-corrected chi connectivity index (χ1v) is 4.61. The Hall–Kier alpha value is -1.84. The molecule has 0 saturated heterocycles. The molecule has 0 saturated carbocycles. The van der Waals surface area contributed by atoms with Gasteiger partial charge >= 0.3 is 0 Å². The molecule has 1 aromatic rings. The summed E-state index contributed by atoms with van der Waals surface area (Å²) in [6.45, 7) is 3.58. The minimum Gasteiger partial charge on any atom is -0.377 e. The molecule has 1 aromatic carbocycles. The van der Waals surface area contributed by atoms with Crippen molar-refractivity contribution in [3.8, 4) is 0 Å². The fourth-order valence-corrected chi connectivity index (χ4v) is 1.33. The Balaban J connectivity index is 3.20. The molecule has 0 radical (unpaired) electrons. The van der Waals surface area contributed by atoms with Crippen LogP contribution in [0.1, 0.15) is 5.56 Å². The summed E-state index contributed by atoms with van der Waals surface area (Å²) in [5.41, 5.74) is 1.68. The van der Waals surface area contributed by atoms with Crippen molar-refractivity contribution in [1.29, 1.82) is 0 Å². The molecule has 0 unspecified atom stereocenters. The van der Waals surface area contributed by atoms with Gasteiger partial charge in [-0.05, 0) is 18.6 Å². The highest BCUT2D eigenvalue weighted by Gasteiger charge is 2.13. The Morgan fingerprint density at radius 1 is 1.53 bits per heavy atom. The van der Waals surface area contributed by atoms with E-state index in [4.69, 9.17) is 0 Å². The number of hydrogen-bond donors (Lipinski definition) is 0. The van der Waals surface area contributed by atoms with E-state index in [2.05, 4.69) is 6.58 Å². The second-order valence-corrected chi connectivity index (χ2v) is 3.46. The van der Waals surface area contributed by atoms with Crippen LogP contribution in [0, 0.1) is 10.1 Å². The number of nitro groups is 1. The van der Waals surface area contributed by atoms with E-state index in [9.17, 15) is 10.1 Å². The highest BCUT2D eigenvalue weighted by molar-refractivity contribution is 5.56. The Morgan fingerprint density at radius 2 is 2.20 bits per heavy atom. The number of nitrogens with zero attached hydrogens (tertiary/aromatic N) is 2. The van der Waals surface area contributed by atoms with E-state index in [0.717, 1.165) is 5.69 Å². The normalized spacial score (nSPS) is 9.73. The van der Waals surface area contributed by atoms with E-state index in [1.54, 1.807) is 18.2 Å². The van der Waals surface area contributed by atoms with Crippen molar-refractivity contribution >= 4 is 11.4 Å². The molecule has 4 nitrogen and oxygen atoms in total. The smallest absolute Gasteiger partial charge is 0.274 e. The Bertz CT molecular complexity index is 386. The van der Waals surface area contributed by atoms with Crippen LogP contribution < -0.4 is 4.90 Å². The molecular formula is C11H14N2O2. The second-order valence-electron chi connectivity index (χ2n) is 3.46. The van der Waals surface area contributed by atoms with Crippen LogP contribution >= 0.6 is 0 Å². The molecule has 0 aliphatic heterocycles. The highest BCUT2D eigenvalue weighted by Crippen LogP contribution is 2.25. The van der Waals surface area contributed by atoms with Crippen LogP contribution in [0.2, 0.25) is 0 Å². The lowest BCUT2D eigenvalue weighted by Crippen LogP contribution is -2.09. The lowest BCUT2D eigenvalue weighted by Gasteiger charge is -2.12. The second kappa shape index (κ2) is 4.59. The quantitative estimate of drug-likeness (QED) is 0.431. The molecule has 0 heterocycles. The Morgan fingerprint density at radius 3 is 2.67 bits per heavy atom. The van der Waals surface area contributed by atoms with Crippen molar-refractivity contribution in [3.63, 3.8) is 0 Å². The Labute approximate surface area is 89.0 Å². The zero-order valence-corrected chi connectivity index (χ0v) is 8.93. The van der Waals surface area contributed by atoms with E-state index in [0.29, 0.717) is 12.0 Å². The first-order chi connectivity index (χ1) is 7.06. The summed E-state index contributed by atoms with van der Waals surface area (Å²) < 4.78 is 0. The number of anilines is 1. The van der Waals surface area contributed by atoms with Gasteiger partial charge in [0, 0.05) is 31.4 Å². The van der Waals surface area contributed by atoms with E-state index in [1.165, 1.54) is 0 Å². The SMILES string of the molecule is C=CCc1ccc(N(C)C)cc1[N+](=O)[O-]. The molecule has 4 heteroatoms. The lowest BCUT2D eigenvalue weighted by molar-refractivity contribution is -0.385. The molecule has 0 atom stereocenters. The monoisotopic (exact) mass is 206 g/mol. The molecular weight excluding hydrogens is 192 g/mol. The lowest BCUT2D eigenvalue weighted by atomic mass is 10.1. The molecule has 0 aromatic heterocycles. The number of allylic oxidation sites excluding steroid dienone is 1. The van der Waals surface area contributed by atoms with Crippen molar-refractivity contribution in [1.82, 2.24) is 0 Å². The number of nitro benzene ring substituents is 1. The summed E-state index contributed by atoms with van der Waals surface area (Å²) in [6.07, 6.45) is 2.18. The molecule has 0 N–H and O–H groups in total. The van der Waals surface area contributed by atoms with Crippen LogP contribution in [0.15, 0.2) is 30.9 Å². The summed E-state index contributed by atoms with van der Waals surface area (Å²) in [6, 6.07) is 5.22. The van der Waals surface area contributed by atoms with Gasteiger partial charge in [0.25, 0.3) is 5.69 Å². The maximum absolute atomic E-state index is 10.8. The highest BCUT2D eigenvalue weighted by atomic mass is 16.6. The largest absolute Gasteiger partial charge is 0.377 e. The van der Waals surface area contributed by atoms with Crippen molar-refractivity contribution < 1.29 is 4.92 Å². The van der Waals surface area contributed by atoms with Gasteiger partial charge in [0.15, 0.2) is 0 Å². The summed E-state index contributed by atoms with van der Waals surface area (Å²) in [5.74, 6) is 0. The minimum absolute atomic E-state index is 0.154. The average molecular weight is 206 g/mol. The van der Waals surface area contributed by atoms with Crippen LogP contribution in [0.5, 0.6) is 0 Å². The maximum Gasteiger partial charge on any atom is 0.274 e. The van der Waals surface area contributed by atoms with Crippen molar-refractivity contribution in [2.24, 2.45) is 0 Å². The minimum atomic E-state index is -0.355. The predicted molar refractivity (Wildman–Crippen MR) is 61.3 cm³/mol. The van der Waals surface area contributed by atoms with Crippen molar-refractivity contribution in [3.05, 3.63) is 46.5 Å². The van der Waals surface area contributed by atoms with Crippen molar-refractivity contribution in [2.75, 3.05) is 19.0 Å². The van der Waals surface area contributed by atoms with E-state index in [-0.39, 0.29) is 10.6 Å². The number of rotatable bonds is 4. The summed E-state index contributed by atoms with van der Waals surface area (Å²) in [7, 11) is 3.71. The van der Waals surface area contributed by atoms with E-state index in [1.807, 2.05) is 25.1 Å². The molecule has 0 spiro atoms. The van der Waals surface area contributed by atoms with Gasteiger partial charge < -0.3 is 4.90 Å². The van der Waals surface area contributed by atoms with E-state index < -0.39 is 0 Å². The molecule has 0 bridgehead atoms. The first kappa shape index (κ1) is 11.2. The van der Waals surface area contributed by atoms with Crippen LogP contribution in [-0.2, 0) is 6.42 Å². The molecule has 15 heavy (non-hydrogen) atoms. The van der Waals surface area contributed by atoms with Gasteiger partial charge in [0.1, 0.15) is 0 Å². The summed E-state index contributed by atoms with van der Waals surface area (Å²) in [4.78, 5) is 12.3. The van der Waals surface area contributed by atoms with Crippen LogP contribution in [0.25, 0.3) is 0 Å². The average Bonchev–Trinajstić information content (AvgIpc) is 2.18. The van der Waals surface area contributed by atoms with Crippen LogP contribution in [0.3, 0.4) is 0 Å². The topological polar surface area (TPSA) is 46.4 Å². The third-order valence-corrected chi connectivity index (χ3v) is 2.15. The predicted octanol–water partition coefficient (Wildman–Crippen LogP) is 2.39. The fraction of sp³-hybridized carbons (Fsp3) is 0.273. The molecule has 0 fully saturated rings. The zero-order chi connectivity index (χ0) is 11.4. The van der Waals surface area contributed by atoms with Gasteiger partial charge in [-0.15, -0.1) is 6.58 Å². The molecule has 0 aliphatic rings. The summed E-state index contributed by atoms with van der Waals surface area (Å²) in [5, 5.41) is 10.8. The van der Waals surface area contributed by atoms with Gasteiger partial charge in [0.05, 0.1) is 4.92 Å². The number of hydrogen-bond acceptors (Lipinski definition) is 3. The van der Waals surface area contributed by atoms with Gasteiger partial charge in [-0.1, -0.05) is 6.08 Å². The first-order valence-electron chi connectivity index (χ1n) is 4.61. The van der Waals surface area contributed by atoms with Gasteiger partial charge in [-0.25, -0.2) is 0 Å². The molecule has 0 amide bonds. The zero-order valence-electron chi connectivity index (χ0n) is 8.93. The van der Waals surface area contributed by atoms with Gasteiger partial charge in [-0.2, -0.15) is 0 Å². The number of benzene rings is 1. The fourth-order valence-electron chi connectivity index (χ4n) is 1.33. The maximum atomic E-state index is 10.8. The third kappa shape index (κ3) is 2.56. The van der Waals surface area contributed by atoms with Gasteiger partial charge in [0.2, 0.25) is 0 Å². The molecule has 1 rings (SSSR count). The van der Waals surface area contributed by atoms with Crippen LogP contribution in [0.4, 0.5) is 11.4 Å². The van der Waals surface area contributed by atoms with E-state index >= 15 is 0 Å². The standard InChI is InChI=1S/C11H14N2O2/c1-4-5-9-6-7-10(12(2)3)8-11(9)13(14)15/h4,6-8H,1,5H2,2-3H3. The summed E-state index contributed by atoms with van der Waals surface area (Å²) >= 11 is 0. The molecule has 0 aliphatic carbocycles. The van der Waals surface area contributed by atoms with Gasteiger partial charge in [-0.3, -0.25) is 10.1 Å².